The molecule has 0 aliphatic carbocycles. The second-order valence-electron chi connectivity index (χ2n) is 5.16. The summed E-state index contributed by atoms with van der Waals surface area (Å²) >= 11 is 0. The van der Waals surface area contributed by atoms with E-state index in [1.54, 1.807) is 17.0 Å². The van der Waals surface area contributed by atoms with Crippen molar-refractivity contribution in [3.8, 4) is 0 Å². The van der Waals surface area contributed by atoms with Crippen molar-refractivity contribution in [3.05, 3.63) is 59.9 Å². The van der Waals surface area contributed by atoms with Gasteiger partial charge in [-0.25, -0.2) is 4.39 Å². The van der Waals surface area contributed by atoms with Crippen molar-refractivity contribution in [2.45, 2.75) is 20.3 Å². The lowest BCUT2D eigenvalue weighted by Gasteiger charge is -2.21. The third-order valence-corrected chi connectivity index (χ3v) is 3.42. The second kappa shape index (κ2) is 7.59. The van der Waals surface area contributed by atoms with E-state index in [1.807, 2.05) is 38.1 Å². The first-order valence-electron chi connectivity index (χ1n) is 7.46. The number of rotatable bonds is 6. The van der Waals surface area contributed by atoms with Crippen molar-refractivity contribution in [3.63, 3.8) is 0 Å². The lowest BCUT2D eigenvalue weighted by Crippen LogP contribution is -2.31. The van der Waals surface area contributed by atoms with E-state index in [-0.39, 0.29) is 11.7 Å². The number of anilines is 2. The number of nitrogens with zero attached hydrogens (tertiary/aromatic N) is 1. The zero-order valence-corrected chi connectivity index (χ0v) is 13.0. The summed E-state index contributed by atoms with van der Waals surface area (Å²) in [6, 6.07) is 14.1. The summed E-state index contributed by atoms with van der Waals surface area (Å²) in [4.78, 5) is 14.1. The lowest BCUT2D eigenvalue weighted by atomic mass is 10.2. The van der Waals surface area contributed by atoms with Gasteiger partial charge in [0.2, 0.25) is 5.91 Å². The SMILES string of the molecule is CCN(C(=O)CCNc1cccc(F)c1)c1cccc(C)c1. The largest absolute Gasteiger partial charge is 0.384 e. The van der Waals surface area contributed by atoms with Gasteiger partial charge in [0.1, 0.15) is 5.82 Å². The van der Waals surface area contributed by atoms with Crippen molar-refractivity contribution in [1.82, 2.24) is 0 Å². The Morgan fingerprint density at radius 2 is 1.95 bits per heavy atom. The van der Waals surface area contributed by atoms with Crippen molar-refractivity contribution in [2.75, 3.05) is 23.3 Å². The molecule has 2 aromatic rings. The molecule has 0 spiro atoms. The molecule has 0 radical (unpaired) electrons. The van der Waals surface area contributed by atoms with Crippen molar-refractivity contribution in [2.24, 2.45) is 0 Å². The number of hydrogen-bond acceptors (Lipinski definition) is 2. The van der Waals surface area contributed by atoms with Crippen molar-refractivity contribution >= 4 is 17.3 Å². The first-order chi connectivity index (χ1) is 10.6. The molecule has 3 nitrogen and oxygen atoms in total. The molecule has 0 saturated carbocycles. The molecule has 0 atom stereocenters. The van der Waals surface area contributed by atoms with Gasteiger partial charge in [0.05, 0.1) is 0 Å². The number of amides is 1. The van der Waals surface area contributed by atoms with Crippen molar-refractivity contribution in [1.29, 1.82) is 0 Å². The van der Waals surface area contributed by atoms with Crippen LogP contribution in [-0.2, 0) is 4.79 Å². The molecule has 1 amide bonds. The minimum atomic E-state index is -0.286. The van der Waals surface area contributed by atoms with Crippen LogP contribution in [0.1, 0.15) is 18.9 Å². The maximum absolute atomic E-state index is 13.1. The normalized spacial score (nSPS) is 10.3. The van der Waals surface area contributed by atoms with E-state index < -0.39 is 0 Å². The van der Waals surface area contributed by atoms with Crippen LogP contribution in [0.15, 0.2) is 48.5 Å². The molecular formula is C18H21FN2O. The lowest BCUT2D eigenvalue weighted by molar-refractivity contribution is -0.118. The zero-order valence-electron chi connectivity index (χ0n) is 13.0. The highest BCUT2D eigenvalue weighted by Crippen LogP contribution is 2.17. The third kappa shape index (κ3) is 4.32. The third-order valence-electron chi connectivity index (χ3n) is 3.42. The maximum atomic E-state index is 13.1. The minimum Gasteiger partial charge on any atom is -0.384 e. The Balaban J connectivity index is 1.92. The Bertz CT molecular complexity index is 642. The highest BCUT2D eigenvalue weighted by atomic mass is 19.1. The molecule has 0 unspecified atom stereocenters. The first kappa shape index (κ1) is 16.0. The van der Waals surface area contributed by atoms with Crippen LogP contribution in [0.3, 0.4) is 0 Å². The van der Waals surface area contributed by atoms with Gasteiger partial charge in [0.15, 0.2) is 0 Å². The molecule has 116 valence electrons. The Morgan fingerprint density at radius 3 is 2.64 bits per heavy atom. The van der Waals surface area contributed by atoms with Gasteiger partial charge in [-0.05, 0) is 49.7 Å². The molecule has 2 aromatic carbocycles. The topological polar surface area (TPSA) is 32.3 Å². The monoisotopic (exact) mass is 300 g/mol. The second-order valence-corrected chi connectivity index (χ2v) is 5.16. The highest BCUT2D eigenvalue weighted by molar-refractivity contribution is 5.93. The van der Waals surface area contributed by atoms with Crippen LogP contribution in [0.4, 0.5) is 15.8 Å². The van der Waals surface area contributed by atoms with Gasteiger partial charge in [-0.15, -0.1) is 0 Å². The van der Waals surface area contributed by atoms with Crippen LogP contribution >= 0.6 is 0 Å². The summed E-state index contributed by atoms with van der Waals surface area (Å²) in [7, 11) is 0. The van der Waals surface area contributed by atoms with E-state index in [9.17, 15) is 9.18 Å². The van der Waals surface area contributed by atoms with E-state index in [2.05, 4.69) is 5.32 Å². The van der Waals surface area contributed by atoms with E-state index in [4.69, 9.17) is 0 Å². The molecule has 0 heterocycles. The van der Waals surface area contributed by atoms with Crippen molar-refractivity contribution < 1.29 is 9.18 Å². The zero-order chi connectivity index (χ0) is 15.9. The summed E-state index contributed by atoms with van der Waals surface area (Å²) < 4.78 is 13.1. The number of aryl methyl sites for hydroxylation is 1. The van der Waals surface area contributed by atoms with Gasteiger partial charge in [0.25, 0.3) is 0 Å². The fraction of sp³-hybridized carbons (Fsp3) is 0.278. The van der Waals surface area contributed by atoms with Gasteiger partial charge in [-0.1, -0.05) is 18.2 Å². The number of nitrogens with one attached hydrogen (secondary N) is 1. The molecule has 4 heteroatoms. The number of benzene rings is 2. The van der Waals surface area contributed by atoms with E-state index >= 15 is 0 Å². The summed E-state index contributed by atoms with van der Waals surface area (Å²) in [5.74, 6) is -0.233. The summed E-state index contributed by atoms with van der Waals surface area (Å²) in [5.41, 5.74) is 2.73. The minimum absolute atomic E-state index is 0.0528. The number of carbonyl (C=O) groups is 1. The molecule has 0 bridgehead atoms. The predicted octanol–water partition coefficient (Wildman–Crippen LogP) is 3.99. The van der Waals surface area contributed by atoms with Crippen LogP contribution in [0.2, 0.25) is 0 Å². The summed E-state index contributed by atoms with van der Waals surface area (Å²) in [6.07, 6.45) is 0.359. The molecule has 0 aliphatic rings. The fourth-order valence-corrected chi connectivity index (χ4v) is 2.35. The van der Waals surface area contributed by atoms with Gasteiger partial charge in [-0.2, -0.15) is 0 Å². The van der Waals surface area contributed by atoms with Gasteiger partial charge in [0, 0.05) is 30.9 Å². The van der Waals surface area contributed by atoms with Crippen LogP contribution in [0.25, 0.3) is 0 Å². The van der Waals surface area contributed by atoms with Gasteiger partial charge in [-0.3, -0.25) is 4.79 Å². The average molecular weight is 300 g/mol. The number of halogens is 1. The van der Waals surface area contributed by atoms with Crippen LogP contribution in [0.5, 0.6) is 0 Å². The summed E-state index contributed by atoms with van der Waals surface area (Å²) in [6.45, 7) is 5.07. The Hall–Kier alpha value is -2.36. The molecule has 0 aliphatic heterocycles. The average Bonchev–Trinajstić information content (AvgIpc) is 2.48. The van der Waals surface area contributed by atoms with E-state index in [0.717, 1.165) is 11.3 Å². The van der Waals surface area contributed by atoms with E-state index in [0.29, 0.717) is 25.2 Å². The molecular weight excluding hydrogens is 279 g/mol. The molecule has 0 fully saturated rings. The Kier molecular flexibility index (Phi) is 5.53. The number of hydrogen-bond donors (Lipinski definition) is 1. The van der Waals surface area contributed by atoms with Gasteiger partial charge < -0.3 is 10.2 Å². The molecule has 22 heavy (non-hydrogen) atoms. The molecule has 2 rings (SSSR count). The van der Waals surface area contributed by atoms with E-state index in [1.165, 1.54) is 12.1 Å². The van der Waals surface area contributed by atoms with Crippen LogP contribution in [0, 0.1) is 12.7 Å². The standard InChI is InChI=1S/C18H21FN2O/c1-3-21(17-9-4-6-14(2)12-17)18(22)10-11-20-16-8-5-7-15(19)13-16/h4-9,12-13,20H,3,10-11H2,1-2H3. The number of carbonyl (C=O) groups excluding carboxylic acids is 1. The quantitative estimate of drug-likeness (QED) is 0.875. The Labute approximate surface area is 130 Å². The predicted molar refractivity (Wildman–Crippen MR) is 88.7 cm³/mol. The maximum Gasteiger partial charge on any atom is 0.228 e. The summed E-state index contributed by atoms with van der Waals surface area (Å²) in [5, 5.41) is 3.07. The smallest absolute Gasteiger partial charge is 0.228 e. The molecule has 0 saturated heterocycles. The fourth-order valence-electron chi connectivity index (χ4n) is 2.35. The molecule has 1 N–H and O–H groups in total. The highest BCUT2D eigenvalue weighted by Gasteiger charge is 2.13. The Morgan fingerprint density at radius 1 is 1.18 bits per heavy atom. The van der Waals surface area contributed by atoms with Gasteiger partial charge >= 0.3 is 0 Å². The molecule has 0 aromatic heterocycles. The van der Waals surface area contributed by atoms with Crippen LogP contribution in [-0.4, -0.2) is 19.0 Å². The van der Waals surface area contributed by atoms with Crippen LogP contribution < -0.4 is 10.2 Å². The first-order valence-corrected chi connectivity index (χ1v) is 7.46.